The predicted octanol–water partition coefficient (Wildman–Crippen LogP) is 1.83. The van der Waals surface area contributed by atoms with Gasteiger partial charge in [-0.2, -0.15) is 13.2 Å². The van der Waals surface area contributed by atoms with Gasteiger partial charge in [0.2, 0.25) is 5.91 Å². The molecular weight excluding hydrogens is 380 g/mol. The minimum absolute atomic E-state index is 0.0374. The highest BCUT2D eigenvalue weighted by atomic mass is 19.4. The molecule has 0 N–H and O–H groups in total. The van der Waals surface area contributed by atoms with E-state index in [4.69, 9.17) is 0 Å². The van der Waals surface area contributed by atoms with E-state index in [1.54, 1.807) is 0 Å². The highest BCUT2D eigenvalue weighted by molar-refractivity contribution is 6.06. The number of piperazine rings is 1. The molecule has 0 unspecified atom stereocenters. The van der Waals surface area contributed by atoms with Gasteiger partial charge in [0.05, 0.1) is 19.5 Å². The summed E-state index contributed by atoms with van der Waals surface area (Å²) in [5, 5.41) is 0. The summed E-state index contributed by atoms with van der Waals surface area (Å²) in [5.41, 5.74) is -0.385. The molecule has 2 aliphatic heterocycles. The molecule has 0 spiro atoms. The Kier molecular flexibility index (Phi) is 4.79. The van der Waals surface area contributed by atoms with Crippen molar-refractivity contribution in [3.63, 3.8) is 0 Å². The lowest BCUT2D eigenvalue weighted by atomic mass is 10.1. The quantitative estimate of drug-likeness (QED) is 0.340. The van der Waals surface area contributed by atoms with Gasteiger partial charge in [-0.15, -0.1) is 0 Å². The van der Waals surface area contributed by atoms with Gasteiger partial charge in [0.1, 0.15) is 18.1 Å². The molecule has 0 atom stereocenters. The van der Waals surface area contributed by atoms with Crippen LogP contribution in [-0.2, 0) is 16.0 Å². The fourth-order valence-electron chi connectivity index (χ4n) is 2.83. The standard InChI is InChI=1S/C16H12F6N3O2/c17-10-6-12(19)11(18)4-8(10)3-9(26)5-14(27)24-1-2-25-13(7-24)23-15(25)16(20,21)22/h4,6H,1-3,5,7H2/q+1. The van der Waals surface area contributed by atoms with Gasteiger partial charge in [0.25, 0.3) is 5.84 Å². The maximum atomic E-state index is 13.5. The van der Waals surface area contributed by atoms with Crippen LogP contribution in [0.2, 0.25) is 0 Å². The average Bonchev–Trinajstić information content (AvgIpc) is 2.52. The van der Waals surface area contributed by atoms with E-state index < -0.39 is 54.0 Å². The van der Waals surface area contributed by atoms with Crippen molar-refractivity contribution in [2.45, 2.75) is 19.0 Å². The van der Waals surface area contributed by atoms with Crippen LogP contribution >= 0.6 is 0 Å². The number of ketones is 1. The number of fused-ring (bicyclic) bond motifs is 1. The number of hydrogen-bond acceptors (Lipinski definition) is 3. The maximum absolute atomic E-state index is 13.5. The van der Waals surface area contributed by atoms with E-state index in [1.807, 2.05) is 0 Å². The van der Waals surface area contributed by atoms with E-state index in [0.29, 0.717) is 12.1 Å². The second kappa shape index (κ2) is 6.78. The Morgan fingerprint density at radius 1 is 1.11 bits per heavy atom. The first-order valence-electron chi connectivity index (χ1n) is 7.78. The number of halogens is 6. The summed E-state index contributed by atoms with van der Waals surface area (Å²) >= 11 is 0. The molecule has 11 heteroatoms. The third kappa shape index (κ3) is 3.86. The molecule has 2 aliphatic rings. The van der Waals surface area contributed by atoms with Crippen molar-refractivity contribution in [2.75, 3.05) is 19.6 Å². The van der Waals surface area contributed by atoms with Gasteiger partial charge in [-0.3, -0.25) is 9.59 Å². The SMILES string of the molecule is O=C(CC(=O)N1CC[N+]2=C(C(F)(F)F)N=C2C1)Cc1cc(F)c(F)cc1F. The van der Waals surface area contributed by atoms with Gasteiger partial charge in [-0.05, 0) is 11.6 Å². The largest absolute Gasteiger partial charge is 0.482 e. The molecule has 5 nitrogen and oxygen atoms in total. The fourth-order valence-corrected chi connectivity index (χ4v) is 2.83. The van der Waals surface area contributed by atoms with Crippen molar-refractivity contribution in [3.05, 3.63) is 35.1 Å². The number of aliphatic imine (C=N–C) groups is 1. The third-order valence-corrected chi connectivity index (χ3v) is 4.16. The van der Waals surface area contributed by atoms with Gasteiger partial charge < -0.3 is 4.90 Å². The van der Waals surface area contributed by atoms with Crippen molar-refractivity contribution in [1.29, 1.82) is 0 Å². The van der Waals surface area contributed by atoms with Crippen LogP contribution in [0.25, 0.3) is 0 Å². The van der Waals surface area contributed by atoms with Crippen molar-refractivity contribution < 1.29 is 40.5 Å². The lowest BCUT2D eigenvalue weighted by Gasteiger charge is -2.31. The van der Waals surface area contributed by atoms with E-state index >= 15 is 0 Å². The van der Waals surface area contributed by atoms with Crippen molar-refractivity contribution in [3.8, 4) is 0 Å². The van der Waals surface area contributed by atoms with Gasteiger partial charge in [-0.1, -0.05) is 4.99 Å². The summed E-state index contributed by atoms with van der Waals surface area (Å²) in [7, 11) is 0. The maximum Gasteiger partial charge on any atom is 0.482 e. The number of amides is 1. The van der Waals surface area contributed by atoms with Crippen LogP contribution in [0.5, 0.6) is 0 Å². The molecule has 0 radical (unpaired) electrons. The smallest absolute Gasteiger partial charge is 0.329 e. The summed E-state index contributed by atoms with van der Waals surface area (Å²) in [5.74, 6) is -6.16. The number of nitrogens with zero attached hydrogens (tertiary/aromatic N) is 3. The molecule has 1 saturated heterocycles. The second-order valence-corrected chi connectivity index (χ2v) is 6.07. The molecule has 1 aromatic carbocycles. The number of hydrogen-bond donors (Lipinski definition) is 0. The summed E-state index contributed by atoms with van der Waals surface area (Å²) in [6.07, 6.45) is -5.82. The summed E-state index contributed by atoms with van der Waals surface area (Å²) < 4.78 is 78.3. The molecule has 0 aromatic heterocycles. The molecule has 0 bridgehead atoms. The molecule has 3 rings (SSSR count). The normalized spacial score (nSPS) is 16.7. The molecular formula is C16H12F6N3O2+. The molecule has 27 heavy (non-hydrogen) atoms. The Balaban J connectivity index is 1.58. The van der Waals surface area contributed by atoms with E-state index in [-0.39, 0.29) is 31.0 Å². The molecule has 1 aromatic rings. The topological polar surface area (TPSA) is 52.8 Å². The average molecular weight is 392 g/mol. The number of alkyl halides is 3. The van der Waals surface area contributed by atoms with Crippen molar-refractivity contribution in [2.24, 2.45) is 4.99 Å². The highest BCUT2D eigenvalue weighted by Crippen LogP contribution is 2.24. The Labute approximate surface area is 148 Å². The summed E-state index contributed by atoms with van der Waals surface area (Å²) in [6.45, 7) is -0.319. The van der Waals surface area contributed by atoms with E-state index in [0.717, 1.165) is 4.58 Å². The number of carbonyl (C=O) groups is 2. The van der Waals surface area contributed by atoms with E-state index in [9.17, 15) is 35.9 Å². The summed E-state index contributed by atoms with van der Waals surface area (Å²) in [4.78, 5) is 28.6. The first kappa shape index (κ1) is 19.1. The van der Waals surface area contributed by atoms with Crippen LogP contribution in [-0.4, -0.2) is 58.6 Å². The van der Waals surface area contributed by atoms with Gasteiger partial charge in [-0.25, -0.2) is 17.7 Å². The van der Waals surface area contributed by atoms with E-state index in [1.165, 1.54) is 4.90 Å². The second-order valence-electron chi connectivity index (χ2n) is 6.07. The van der Waals surface area contributed by atoms with Crippen LogP contribution in [0.15, 0.2) is 17.1 Å². The molecule has 2 heterocycles. The van der Waals surface area contributed by atoms with Crippen molar-refractivity contribution >= 4 is 23.4 Å². The molecule has 144 valence electrons. The first-order chi connectivity index (χ1) is 12.6. The van der Waals surface area contributed by atoms with Crippen LogP contribution in [0.1, 0.15) is 12.0 Å². The lowest BCUT2D eigenvalue weighted by Crippen LogP contribution is -2.56. The molecule has 0 aliphatic carbocycles. The number of carbonyl (C=O) groups excluding carboxylic acids is 2. The molecule has 1 amide bonds. The number of benzene rings is 1. The minimum atomic E-state index is -4.57. The third-order valence-electron chi connectivity index (χ3n) is 4.16. The Morgan fingerprint density at radius 2 is 1.78 bits per heavy atom. The zero-order valence-electron chi connectivity index (χ0n) is 13.6. The van der Waals surface area contributed by atoms with Gasteiger partial charge >= 0.3 is 12.0 Å². The van der Waals surface area contributed by atoms with Crippen LogP contribution < -0.4 is 0 Å². The predicted molar refractivity (Wildman–Crippen MR) is 79.8 cm³/mol. The zero-order valence-corrected chi connectivity index (χ0v) is 13.6. The fraction of sp³-hybridized carbons (Fsp3) is 0.375. The van der Waals surface area contributed by atoms with Crippen LogP contribution in [0, 0.1) is 17.5 Å². The number of Topliss-reactive ketones (excluding diaryl/α,β-unsaturated/α-hetero) is 1. The van der Waals surface area contributed by atoms with Crippen LogP contribution in [0.4, 0.5) is 26.3 Å². The Bertz CT molecular complexity index is 891. The molecule has 0 saturated carbocycles. The highest BCUT2D eigenvalue weighted by Gasteiger charge is 2.51. The monoisotopic (exact) mass is 392 g/mol. The Morgan fingerprint density at radius 3 is 2.41 bits per heavy atom. The lowest BCUT2D eigenvalue weighted by molar-refractivity contribution is -0.443. The number of rotatable bonds is 4. The van der Waals surface area contributed by atoms with Gasteiger partial charge in [0, 0.05) is 12.5 Å². The van der Waals surface area contributed by atoms with Crippen molar-refractivity contribution in [1.82, 2.24) is 4.90 Å². The molecule has 1 fully saturated rings. The van der Waals surface area contributed by atoms with Gasteiger partial charge in [0.15, 0.2) is 11.6 Å². The Hall–Kier alpha value is -2.72. The van der Waals surface area contributed by atoms with Crippen LogP contribution in [0.3, 0.4) is 0 Å². The van der Waals surface area contributed by atoms with E-state index in [2.05, 4.69) is 4.99 Å². The first-order valence-corrected chi connectivity index (χ1v) is 7.78. The zero-order chi connectivity index (χ0) is 19.9. The number of amidine groups is 2. The summed E-state index contributed by atoms with van der Waals surface area (Å²) in [6, 6.07) is 0.853. The minimum Gasteiger partial charge on any atom is -0.329 e.